The van der Waals surface area contributed by atoms with Gasteiger partial charge in [-0.05, 0) is 24.3 Å². The smallest absolute Gasteiger partial charge is 0.115 e. The summed E-state index contributed by atoms with van der Waals surface area (Å²) >= 11 is 0. The minimum Gasteiger partial charge on any atom is -0.508 e. The van der Waals surface area contributed by atoms with Crippen LogP contribution in [0.15, 0.2) is 24.3 Å². The molecule has 0 radical (unpaired) electrons. The Morgan fingerprint density at radius 2 is 1.27 bits per heavy atom. The van der Waals surface area contributed by atoms with Gasteiger partial charge in [0.1, 0.15) is 24.7 Å². The minimum atomic E-state index is 0.169. The lowest BCUT2D eigenvalue weighted by molar-refractivity contribution is 0.205. The summed E-state index contributed by atoms with van der Waals surface area (Å²) in [7, 11) is 0. The van der Waals surface area contributed by atoms with Gasteiger partial charge in [-0.3, -0.25) is 0 Å². The molecule has 0 aliphatic heterocycles. The van der Waals surface area contributed by atoms with Crippen LogP contribution in [0, 0.1) is 24.7 Å². The monoisotopic (exact) mass is 204 g/mol. The van der Waals surface area contributed by atoms with E-state index >= 15 is 0 Å². The van der Waals surface area contributed by atoms with E-state index < -0.39 is 0 Å². The molecule has 2 N–H and O–H groups in total. The highest BCUT2D eigenvalue weighted by Crippen LogP contribution is 2.13. The van der Waals surface area contributed by atoms with Crippen LogP contribution in [0.2, 0.25) is 0 Å². The van der Waals surface area contributed by atoms with Crippen LogP contribution in [0.4, 0.5) is 0 Å². The van der Waals surface area contributed by atoms with Gasteiger partial charge in [-0.1, -0.05) is 11.8 Å². The molecule has 0 aromatic heterocycles. The van der Waals surface area contributed by atoms with Gasteiger partial charge in [-0.2, -0.15) is 0 Å². The Bertz CT molecular complexity index is 306. The van der Waals surface area contributed by atoms with Gasteiger partial charge in [-0.25, -0.2) is 0 Å². The van der Waals surface area contributed by atoms with E-state index in [4.69, 9.17) is 23.1 Å². The van der Waals surface area contributed by atoms with Crippen molar-refractivity contribution in [2.75, 3.05) is 13.2 Å². The first-order chi connectivity index (χ1) is 7.20. The summed E-state index contributed by atoms with van der Waals surface area (Å²) in [5.74, 6) is 4.91. The van der Waals surface area contributed by atoms with E-state index in [9.17, 15) is 0 Å². The lowest BCUT2D eigenvalue weighted by atomic mass is 10.3. The Kier molecular flexibility index (Phi) is 7.31. The third-order valence-corrected chi connectivity index (χ3v) is 1.22. The summed E-state index contributed by atoms with van der Waals surface area (Å²) in [5.41, 5.74) is 0. The fourth-order valence-corrected chi connectivity index (χ4v) is 0.622. The van der Waals surface area contributed by atoms with Crippen molar-refractivity contribution >= 4 is 0 Å². The predicted octanol–water partition coefficient (Wildman–Crippen LogP) is 1.37. The van der Waals surface area contributed by atoms with E-state index in [-0.39, 0.29) is 11.5 Å². The van der Waals surface area contributed by atoms with E-state index in [1.807, 2.05) is 0 Å². The normalized spacial score (nSPS) is 7.87. The van der Waals surface area contributed by atoms with Gasteiger partial charge in [0.2, 0.25) is 0 Å². The first kappa shape index (κ1) is 12.9. The molecule has 0 aliphatic carbocycles. The molecular formula is C12H12O3. The number of ether oxygens (including phenoxy) is 1. The van der Waals surface area contributed by atoms with E-state index in [0.717, 1.165) is 0 Å². The van der Waals surface area contributed by atoms with Crippen LogP contribution < -0.4 is 0 Å². The number of aromatic hydroxyl groups is 2. The van der Waals surface area contributed by atoms with Crippen LogP contribution in [0.5, 0.6) is 11.5 Å². The standard InChI is InChI=1S/C6H6O2.C6H6O/c7-5-1-2-6(8)4-3-5;1-3-5-7-6-4-2/h1-4,7-8H;1-2H,5-6H2. The second-order valence-corrected chi connectivity index (χ2v) is 2.42. The van der Waals surface area contributed by atoms with Crippen molar-refractivity contribution in [1.29, 1.82) is 0 Å². The first-order valence-corrected chi connectivity index (χ1v) is 4.13. The summed E-state index contributed by atoms with van der Waals surface area (Å²) in [6.45, 7) is 0.619. The average molecular weight is 204 g/mol. The van der Waals surface area contributed by atoms with Crippen molar-refractivity contribution in [3.63, 3.8) is 0 Å². The Hall–Kier alpha value is -2.10. The van der Waals surface area contributed by atoms with E-state index in [1.165, 1.54) is 24.3 Å². The SMILES string of the molecule is C#CCOCC#C.Oc1ccc(O)cc1. The molecule has 3 heteroatoms. The zero-order valence-electron chi connectivity index (χ0n) is 8.18. The van der Waals surface area contributed by atoms with E-state index in [2.05, 4.69) is 16.6 Å². The lowest BCUT2D eigenvalue weighted by Crippen LogP contribution is -1.89. The molecule has 15 heavy (non-hydrogen) atoms. The number of phenols is 2. The number of hydrogen-bond donors (Lipinski definition) is 2. The van der Waals surface area contributed by atoms with Crippen LogP contribution >= 0.6 is 0 Å². The van der Waals surface area contributed by atoms with Crippen LogP contribution in [0.3, 0.4) is 0 Å². The first-order valence-electron chi connectivity index (χ1n) is 4.13. The Balaban J connectivity index is 0.000000265. The van der Waals surface area contributed by atoms with Gasteiger partial charge < -0.3 is 14.9 Å². The quantitative estimate of drug-likeness (QED) is 0.434. The summed E-state index contributed by atoms with van der Waals surface area (Å²) in [6, 6.07) is 5.70. The highest BCUT2D eigenvalue weighted by atomic mass is 16.5. The highest BCUT2D eigenvalue weighted by Gasteiger charge is 1.84. The summed E-state index contributed by atoms with van der Waals surface area (Å²) < 4.78 is 4.66. The fraction of sp³-hybridized carbons (Fsp3) is 0.167. The van der Waals surface area contributed by atoms with Crippen molar-refractivity contribution in [3.8, 4) is 36.2 Å². The van der Waals surface area contributed by atoms with Crippen LogP contribution in [0.25, 0.3) is 0 Å². The predicted molar refractivity (Wildman–Crippen MR) is 58.3 cm³/mol. The largest absolute Gasteiger partial charge is 0.508 e. The van der Waals surface area contributed by atoms with Crippen molar-refractivity contribution in [2.24, 2.45) is 0 Å². The van der Waals surface area contributed by atoms with Crippen LogP contribution in [-0.4, -0.2) is 23.4 Å². The molecule has 0 atom stereocenters. The molecule has 0 saturated carbocycles. The molecule has 0 saturated heterocycles. The maximum absolute atomic E-state index is 8.65. The van der Waals surface area contributed by atoms with Gasteiger partial charge >= 0.3 is 0 Å². The summed E-state index contributed by atoms with van der Waals surface area (Å²) in [6.07, 6.45) is 9.65. The second kappa shape index (κ2) is 8.50. The topological polar surface area (TPSA) is 49.7 Å². The highest BCUT2D eigenvalue weighted by molar-refractivity contribution is 5.28. The molecule has 0 amide bonds. The molecule has 0 heterocycles. The Morgan fingerprint density at radius 1 is 0.933 bits per heavy atom. The van der Waals surface area contributed by atoms with Gasteiger partial charge in [0.15, 0.2) is 0 Å². The maximum Gasteiger partial charge on any atom is 0.115 e. The van der Waals surface area contributed by atoms with Crippen LogP contribution in [-0.2, 0) is 4.74 Å². The van der Waals surface area contributed by atoms with Crippen LogP contribution in [0.1, 0.15) is 0 Å². The molecule has 0 aliphatic rings. The zero-order chi connectivity index (χ0) is 11.5. The van der Waals surface area contributed by atoms with Crippen molar-refractivity contribution in [2.45, 2.75) is 0 Å². The number of rotatable bonds is 2. The third kappa shape index (κ3) is 8.24. The van der Waals surface area contributed by atoms with Gasteiger partial charge in [0, 0.05) is 0 Å². The van der Waals surface area contributed by atoms with Crippen molar-refractivity contribution in [3.05, 3.63) is 24.3 Å². The lowest BCUT2D eigenvalue weighted by Gasteiger charge is -1.88. The number of terminal acetylenes is 2. The summed E-state index contributed by atoms with van der Waals surface area (Å²) in [4.78, 5) is 0. The Morgan fingerprint density at radius 3 is 1.53 bits per heavy atom. The van der Waals surface area contributed by atoms with Gasteiger partial charge in [0.25, 0.3) is 0 Å². The van der Waals surface area contributed by atoms with Crippen molar-refractivity contribution < 1.29 is 14.9 Å². The number of benzene rings is 1. The molecule has 0 fully saturated rings. The van der Waals surface area contributed by atoms with E-state index in [1.54, 1.807) is 0 Å². The average Bonchev–Trinajstić information content (AvgIpc) is 2.24. The van der Waals surface area contributed by atoms with Gasteiger partial charge in [-0.15, -0.1) is 12.8 Å². The van der Waals surface area contributed by atoms with Gasteiger partial charge in [0.05, 0.1) is 0 Å². The Labute approximate surface area is 89.3 Å². The molecular weight excluding hydrogens is 192 g/mol. The fourth-order valence-electron chi connectivity index (χ4n) is 0.622. The van der Waals surface area contributed by atoms with Crippen molar-refractivity contribution in [1.82, 2.24) is 0 Å². The molecule has 1 aromatic carbocycles. The molecule has 3 nitrogen and oxygen atoms in total. The molecule has 1 aromatic rings. The molecule has 78 valence electrons. The number of phenolic OH excluding ortho intramolecular Hbond substituents is 2. The zero-order valence-corrected chi connectivity index (χ0v) is 8.18. The minimum absolute atomic E-state index is 0.169. The molecule has 0 unspecified atom stereocenters. The second-order valence-electron chi connectivity index (χ2n) is 2.42. The molecule has 0 spiro atoms. The molecule has 0 bridgehead atoms. The molecule has 1 rings (SSSR count). The van der Waals surface area contributed by atoms with E-state index in [0.29, 0.717) is 13.2 Å². The summed E-state index contributed by atoms with van der Waals surface area (Å²) in [5, 5.41) is 17.3. The maximum atomic E-state index is 8.65. The number of hydrogen-bond acceptors (Lipinski definition) is 3. The third-order valence-electron chi connectivity index (χ3n) is 1.22.